The molecule has 2 rings (SSSR count). The Kier molecular flexibility index (Phi) is 4.26. The highest BCUT2D eigenvalue weighted by molar-refractivity contribution is 6.30. The van der Waals surface area contributed by atoms with Crippen LogP contribution in [0.15, 0.2) is 41.2 Å². The number of pyridine rings is 1. The number of aliphatic hydroxyl groups is 1. The molecule has 1 aromatic carbocycles. The molecule has 1 heterocycles. The van der Waals surface area contributed by atoms with Crippen LogP contribution in [0.2, 0.25) is 5.02 Å². The fourth-order valence-corrected chi connectivity index (χ4v) is 2.51. The van der Waals surface area contributed by atoms with Crippen LogP contribution in [0.4, 0.5) is 0 Å². The zero-order chi connectivity index (χ0) is 15.8. The Hall–Kier alpha value is -1.58. The summed E-state index contributed by atoms with van der Waals surface area (Å²) in [5.74, 6) is 0. The summed E-state index contributed by atoms with van der Waals surface area (Å²) in [6, 6.07) is 10.9. The van der Waals surface area contributed by atoms with Crippen LogP contribution >= 0.6 is 11.6 Å². The molecule has 0 saturated carbocycles. The summed E-state index contributed by atoms with van der Waals surface area (Å²) in [4.78, 5) is 12.7. The molecule has 0 amide bonds. The first-order valence-electron chi connectivity index (χ1n) is 6.96. The zero-order valence-electron chi connectivity index (χ0n) is 12.7. The van der Waals surface area contributed by atoms with Crippen molar-refractivity contribution in [3.8, 4) is 11.3 Å². The molecule has 0 radical (unpaired) electrons. The number of aromatic nitrogens is 1. The van der Waals surface area contributed by atoms with Gasteiger partial charge in [-0.15, -0.1) is 0 Å². The molecule has 1 aromatic heterocycles. The molecule has 4 heteroatoms. The molecule has 1 N–H and O–H groups in total. The molecule has 0 saturated heterocycles. The van der Waals surface area contributed by atoms with Crippen LogP contribution in [-0.2, 0) is 5.60 Å². The number of benzene rings is 1. The molecular weight excluding hydrogens is 286 g/mol. The molecule has 0 aliphatic heterocycles. The lowest BCUT2D eigenvalue weighted by Gasteiger charge is -2.23. The smallest absolute Gasteiger partial charge is 0.257 e. The van der Waals surface area contributed by atoms with Crippen molar-refractivity contribution in [1.29, 1.82) is 0 Å². The summed E-state index contributed by atoms with van der Waals surface area (Å²) in [6.07, 6.45) is 0. The van der Waals surface area contributed by atoms with Crippen molar-refractivity contribution in [3.63, 3.8) is 0 Å². The van der Waals surface area contributed by atoms with Crippen molar-refractivity contribution in [2.24, 2.45) is 0 Å². The van der Waals surface area contributed by atoms with Gasteiger partial charge in [0.05, 0.1) is 11.3 Å². The molecule has 0 bridgehead atoms. The van der Waals surface area contributed by atoms with Gasteiger partial charge in [-0.2, -0.15) is 0 Å². The molecule has 112 valence electrons. The van der Waals surface area contributed by atoms with Gasteiger partial charge in [-0.3, -0.25) is 4.79 Å². The summed E-state index contributed by atoms with van der Waals surface area (Å²) in [6.45, 7) is 7.15. The van der Waals surface area contributed by atoms with Gasteiger partial charge in [0.2, 0.25) is 0 Å². The molecule has 0 fully saturated rings. The number of nitrogens with zero attached hydrogens (tertiary/aromatic N) is 1. The van der Waals surface area contributed by atoms with Crippen molar-refractivity contribution in [1.82, 2.24) is 4.57 Å². The number of rotatable bonds is 3. The minimum atomic E-state index is -1.16. The quantitative estimate of drug-likeness (QED) is 0.932. The van der Waals surface area contributed by atoms with Gasteiger partial charge in [0, 0.05) is 16.6 Å². The van der Waals surface area contributed by atoms with Crippen LogP contribution in [-0.4, -0.2) is 9.67 Å². The largest absolute Gasteiger partial charge is 0.386 e. The monoisotopic (exact) mass is 305 g/mol. The van der Waals surface area contributed by atoms with Crippen LogP contribution < -0.4 is 5.56 Å². The van der Waals surface area contributed by atoms with E-state index in [1.54, 1.807) is 36.6 Å². The van der Waals surface area contributed by atoms with Gasteiger partial charge in [-0.1, -0.05) is 23.7 Å². The van der Waals surface area contributed by atoms with E-state index in [2.05, 4.69) is 0 Å². The first-order valence-corrected chi connectivity index (χ1v) is 7.34. The predicted octanol–water partition coefficient (Wildman–Crippen LogP) is 3.98. The third kappa shape index (κ3) is 3.20. The molecule has 3 nitrogen and oxygen atoms in total. The standard InChI is InChI=1S/C17H20ClNO2/c1-11(2)19-15(12-5-7-13(18)8-6-12)10-9-14(16(19)20)17(3,4)21/h5-11,21H,1-4H3. The maximum Gasteiger partial charge on any atom is 0.257 e. The lowest BCUT2D eigenvalue weighted by molar-refractivity contribution is 0.0764. The predicted molar refractivity (Wildman–Crippen MR) is 86.8 cm³/mol. The van der Waals surface area contributed by atoms with Gasteiger partial charge in [0.25, 0.3) is 5.56 Å². The van der Waals surface area contributed by atoms with Crippen molar-refractivity contribution >= 4 is 11.6 Å². The van der Waals surface area contributed by atoms with Crippen LogP contribution in [0.25, 0.3) is 11.3 Å². The van der Waals surface area contributed by atoms with E-state index in [-0.39, 0.29) is 11.6 Å². The summed E-state index contributed by atoms with van der Waals surface area (Å²) in [5.41, 5.74) is 0.817. The third-order valence-corrected chi connectivity index (χ3v) is 3.68. The van der Waals surface area contributed by atoms with Gasteiger partial charge >= 0.3 is 0 Å². The highest BCUT2D eigenvalue weighted by atomic mass is 35.5. The Labute approximate surface area is 129 Å². The minimum Gasteiger partial charge on any atom is -0.386 e. The SMILES string of the molecule is CC(C)n1c(-c2ccc(Cl)cc2)ccc(C(C)(C)O)c1=O. The van der Waals surface area contributed by atoms with E-state index >= 15 is 0 Å². The molecule has 0 aliphatic carbocycles. The number of hydrogen-bond acceptors (Lipinski definition) is 2. The highest BCUT2D eigenvalue weighted by Crippen LogP contribution is 2.25. The average Bonchev–Trinajstić information content (AvgIpc) is 2.37. The van der Waals surface area contributed by atoms with Crippen molar-refractivity contribution < 1.29 is 5.11 Å². The topological polar surface area (TPSA) is 42.2 Å². The van der Waals surface area contributed by atoms with Crippen LogP contribution in [0.5, 0.6) is 0 Å². The van der Waals surface area contributed by atoms with Crippen LogP contribution in [0.1, 0.15) is 39.3 Å². The van der Waals surface area contributed by atoms with E-state index in [0.29, 0.717) is 10.6 Å². The van der Waals surface area contributed by atoms with Crippen LogP contribution in [0.3, 0.4) is 0 Å². The Morgan fingerprint density at radius 3 is 2.14 bits per heavy atom. The third-order valence-electron chi connectivity index (χ3n) is 3.43. The normalized spacial score (nSPS) is 12.0. The fourth-order valence-electron chi connectivity index (χ4n) is 2.39. The lowest BCUT2D eigenvalue weighted by Crippen LogP contribution is -2.33. The maximum absolute atomic E-state index is 12.7. The lowest BCUT2D eigenvalue weighted by atomic mass is 9.98. The van der Waals surface area contributed by atoms with Gasteiger partial charge in [-0.25, -0.2) is 0 Å². The van der Waals surface area contributed by atoms with Gasteiger partial charge < -0.3 is 9.67 Å². The first-order chi connectivity index (χ1) is 9.71. The molecule has 0 atom stereocenters. The van der Waals surface area contributed by atoms with Gasteiger partial charge in [-0.05, 0) is 57.5 Å². The molecule has 0 aliphatic rings. The van der Waals surface area contributed by atoms with Crippen molar-refractivity contribution in [3.05, 3.63) is 57.3 Å². The maximum atomic E-state index is 12.7. The van der Waals surface area contributed by atoms with E-state index in [1.807, 2.05) is 32.0 Å². The van der Waals surface area contributed by atoms with E-state index < -0.39 is 5.60 Å². The first kappa shape index (κ1) is 15.8. The van der Waals surface area contributed by atoms with E-state index in [1.165, 1.54) is 0 Å². The summed E-state index contributed by atoms with van der Waals surface area (Å²) >= 11 is 5.92. The average molecular weight is 306 g/mol. The number of halogens is 1. The fraction of sp³-hybridized carbons (Fsp3) is 0.353. The molecule has 21 heavy (non-hydrogen) atoms. The summed E-state index contributed by atoms with van der Waals surface area (Å²) in [7, 11) is 0. The van der Waals surface area contributed by atoms with E-state index in [9.17, 15) is 9.90 Å². The Morgan fingerprint density at radius 1 is 1.10 bits per heavy atom. The molecule has 2 aromatic rings. The Bertz CT molecular complexity index is 694. The van der Waals surface area contributed by atoms with E-state index in [0.717, 1.165) is 11.3 Å². The molecule has 0 unspecified atom stereocenters. The Morgan fingerprint density at radius 2 is 1.67 bits per heavy atom. The molecule has 0 spiro atoms. The van der Waals surface area contributed by atoms with Gasteiger partial charge in [0.1, 0.15) is 0 Å². The zero-order valence-corrected chi connectivity index (χ0v) is 13.5. The van der Waals surface area contributed by atoms with Crippen LogP contribution in [0, 0.1) is 0 Å². The van der Waals surface area contributed by atoms with Crippen molar-refractivity contribution in [2.75, 3.05) is 0 Å². The minimum absolute atomic E-state index is 0.00882. The second-order valence-corrected chi connectivity index (χ2v) is 6.40. The van der Waals surface area contributed by atoms with E-state index in [4.69, 9.17) is 11.6 Å². The summed E-state index contributed by atoms with van der Waals surface area (Å²) < 4.78 is 1.70. The second-order valence-electron chi connectivity index (χ2n) is 5.97. The highest BCUT2D eigenvalue weighted by Gasteiger charge is 2.23. The summed E-state index contributed by atoms with van der Waals surface area (Å²) in [5, 5.41) is 10.8. The van der Waals surface area contributed by atoms with Crippen molar-refractivity contribution in [2.45, 2.75) is 39.3 Å². The second kappa shape index (κ2) is 5.66. The number of hydrogen-bond donors (Lipinski definition) is 1. The molecular formula is C17H20ClNO2. The van der Waals surface area contributed by atoms with Gasteiger partial charge in [0.15, 0.2) is 0 Å². The Balaban J connectivity index is 2.71.